The van der Waals surface area contributed by atoms with Crippen LogP contribution in [0.15, 0.2) is 23.0 Å². The van der Waals surface area contributed by atoms with Gasteiger partial charge in [0.05, 0.1) is 18.6 Å². The van der Waals surface area contributed by atoms with Crippen LogP contribution < -0.4 is 5.32 Å². The number of furan rings is 1. The van der Waals surface area contributed by atoms with Gasteiger partial charge < -0.3 is 14.5 Å². The topological polar surface area (TPSA) is 34.4 Å². The molecule has 1 aromatic rings. The van der Waals surface area contributed by atoms with E-state index in [9.17, 15) is 0 Å². The lowest BCUT2D eigenvalue weighted by molar-refractivity contribution is 0.0792. The summed E-state index contributed by atoms with van der Waals surface area (Å²) in [5.41, 5.74) is 1.22. The molecule has 3 heteroatoms. The number of hydrogen-bond donors (Lipinski definition) is 1. The Morgan fingerprint density at radius 2 is 2.25 bits per heavy atom. The molecule has 3 rings (SSSR count). The van der Waals surface area contributed by atoms with Crippen molar-refractivity contribution in [2.45, 2.75) is 44.4 Å². The van der Waals surface area contributed by atoms with Gasteiger partial charge in [-0.1, -0.05) is 0 Å². The molecule has 3 nitrogen and oxygen atoms in total. The smallest absolute Gasteiger partial charge is 0.0950 e. The number of ether oxygens (including phenoxy) is 1. The Balaban J connectivity index is 1.61. The van der Waals surface area contributed by atoms with E-state index in [0.29, 0.717) is 18.2 Å². The molecular formula is C13H19NO2. The van der Waals surface area contributed by atoms with Crippen LogP contribution in [-0.2, 0) is 4.74 Å². The molecule has 88 valence electrons. The first kappa shape index (κ1) is 10.4. The fourth-order valence-electron chi connectivity index (χ4n) is 2.62. The molecule has 1 aliphatic carbocycles. The summed E-state index contributed by atoms with van der Waals surface area (Å²) in [5, 5.41) is 3.67. The highest BCUT2D eigenvalue weighted by Gasteiger charge is 2.40. The van der Waals surface area contributed by atoms with E-state index in [2.05, 4.69) is 12.2 Å². The molecule has 0 bridgehead atoms. The van der Waals surface area contributed by atoms with Crippen LogP contribution in [-0.4, -0.2) is 18.8 Å². The van der Waals surface area contributed by atoms with Crippen molar-refractivity contribution in [1.82, 2.24) is 5.32 Å². The number of nitrogens with one attached hydrogen (secondary N) is 1. The molecule has 1 saturated heterocycles. The Labute approximate surface area is 96.2 Å². The van der Waals surface area contributed by atoms with Crippen LogP contribution in [0.2, 0.25) is 0 Å². The van der Waals surface area contributed by atoms with E-state index in [0.717, 1.165) is 18.9 Å². The highest BCUT2D eigenvalue weighted by Crippen LogP contribution is 2.39. The summed E-state index contributed by atoms with van der Waals surface area (Å²) in [6, 6.07) is 2.91. The van der Waals surface area contributed by atoms with Crippen molar-refractivity contribution in [2.75, 3.05) is 6.61 Å². The minimum absolute atomic E-state index is 0.353. The van der Waals surface area contributed by atoms with Gasteiger partial charge in [-0.05, 0) is 38.2 Å². The van der Waals surface area contributed by atoms with Gasteiger partial charge in [-0.25, -0.2) is 0 Å². The van der Waals surface area contributed by atoms with Crippen molar-refractivity contribution < 1.29 is 9.15 Å². The first-order valence-electron chi connectivity index (χ1n) is 6.24. The van der Waals surface area contributed by atoms with Crippen LogP contribution >= 0.6 is 0 Å². The van der Waals surface area contributed by atoms with E-state index in [1.165, 1.54) is 18.4 Å². The summed E-state index contributed by atoms with van der Waals surface area (Å²) in [4.78, 5) is 0. The molecule has 1 saturated carbocycles. The Morgan fingerprint density at radius 1 is 1.38 bits per heavy atom. The average molecular weight is 221 g/mol. The number of hydrogen-bond acceptors (Lipinski definition) is 3. The van der Waals surface area contributed by atoms with E-state index in [1.54, 1.807) is 6.26 Å². The van der Waals surface area contributed by atoms with Gasteiger partial charge in [-0.2, -0.15) is 0 Å². The van der Waals surface area contributed by atoms with Gasteiger partial charge in [0.1, 0.15) is 0 Å². The SMILES string of the molecule is CC(NC1CCOC1C1CC1)c1ccoc1. The number of rotatable bonds is 4. The van der Waals surface area contributed by atoms with E-state index in [4.69, 9.17) is 9.15 Å². The molecule has 3 atom stereocenters. The zero-order chi connectivity index (χ0) is 11.0. The molecule has 2 fully saturated rings. The third kappa shape index (κ3) is 2.02. The van der Waals surface area contributed by atoms with E-state index in [1.807, 2.05) is 12.3 Å². The third-order valence-electron chi connectivity index (χ3n) is 3.73. The highest BCUT2D eigenvalue weighted by atomic mass is 16.5. The molecule has 2 aliphatic rings. The lowest BCUT2D eigenvalue weighted by Crippen LogP contribution is -2.38. The van der Waals surface area contributed by atoms with Crippen molar-refractivity contribution in [3.05, 3.63) is 24.2 Å². The van der Waals surface area contributed by atoms with Crippen molar-refractivity contribution >= 4 is 0 Å². The van der Waals surface area contributed by atoms with Gasteiger partial charge in [0.2, 0.25) is 0 Å². The molecule has 16 heavy (non-hydrogen) atoms. The highest BCUT2D eigenvalue weighted by molar-refractivity contribution is 5.11. The van der Waals surface area contributed by atoms with Crippen LogP contribution in [0.25, 0.3) is 0 Å². The molecule has 3 unspecified atom stereocenters. The van der Waals surface area contributed by atoms with Gasteiger partial charge in [-0.3, -0.25) is 0 Å². The summed E-state index contributed by atoms with van der Waals surface area (Å²) < 4.78 is 10.9. The van der Waals surface area contributed by atoms with Crippen molar-refractivity contribution in [1.29, 1.82) is 0 Å². The second-order valence-electron chi connectivity index (χ2n) is 5.01. The fourth-order valence-corrected chi connectivity index (χ4v) is 2.62. The van der Waals surface area contributed by atoms with Gasteiger partial charge in [0.25, 0.3) is 0 Å². The quantitative estimate of drug-likeness (QED) is 0.848. The monoisotopic (exact) mass is 221 g/mol. The van der Waals surface area contributed by atoms with Crippen molar-refractivity contribution in [2.24, 2.45) is 5.92 Å². The predicted molar refractivity (Wildman–Crippen MR) is 61.1 cm³/mol. The van der Waals surface area contributed by atoms with Crippen LogP contribution in [0.5, 0.6) is 0 Å². The fraction of sp³-hybridized carbons (Fsp3) is 0.692. The van der Waals surface area contributed by atoms with Gasteiger partial charge in [0, 0.05) is 24.3 Å². The lowest BCUT2D eigenvalue weighted by Gasteiger charge is -2.23. The van der Waals surface area contributed by atoms with E-state index in [-0.39, 0.29) is 0 Å². The first-order chi connectivity index (χ1) is 7.84. The lowest BCUT2D eigenvalue weighted by atomic mass is 10.0. The van der Waals surface area contributed by atoms with Gasteiger partial charge in [-0.15, -0.1) is 0 Å². The normalized spacial score (nSPS) is 31.8. The predicted octanol–water partition coefficient (Wildman–Crippen LogP) is 2.50. The van der Waals surface area contributed by atoms with E-state index < -0.39 is 0 Å². The van der Waals surface area contributed by atoms with Crippen LogP contribution in [0, 0.1) is 5.92 Å². The van der Waals surface area contributed by atoms with Crippen molar-refractivity contribution in [3.8, 4) is 0 Å². The molecule has 0 amide bonds. The molecule has 2 heterocycles. The minimum Gasteiger partial charge on any atom is -0.472 e. The molecule has 1 aliphatic heterocycles. The molecule has 0 spiro atoms. The largest absolute Gasteiger partial charge is 0.472 e. The average Bonchev–Trinajstić information content (AvgIpc) is 2.83. The zero-order valence-corrected chi connectivity index (χ0v) is 9.69. The maximum absolute atomic E-state index is 5.82. The maximum atomic E-state index is 5.82. The third-order valence-corrected chi connectivity index (χ3v) is 3.73. The van der Waals surface area contributed by atoms with Crippen LogP contribution in [0.1, 0.15) is 37.8 Å². The summed E-state index contributed by atoms with van der Waals surface area (Å²) in [7, 11) is 0. The Bertz CT molecular complexity index is 332. The van der Waals surface area contributed by atoms with Crippen molar-refractivity contribution in [3.63, 3.8) is 0 Å². The molecule has 1 N–H and O–H groups in total. The van der Waals surface area contributed by atoms with Gasteiger partial charge in [0.15, 0.2) is 0 Å². The summed E-state index contributed by atoms with van der Waals surface area (Å²) >= 11 is 0. The van der Waals surface area contributed by atoms with Crippen LogP contribution in [0.4, 0.5) is 0 Å². The molecule has 1 aromatic heterocycles. The Hall–Kier alpha value is -0.800. The maximum Gasteiger partial charge on any atom is 0.0950 e. The van der Waals surface area contributed by atoms with Gasteiger partial charge >= 0.3 is 0 Å². The summed E-state index contributed by atoms with van der Waals surface area (Å²) in [5.74, 6) is 0.816. The van der Waals surface area contributed by atoms with Crippen LogP contribution in [0.3, 0.4) is 0 Å². The first-order valence-corrected chi connectivity index (χ1v) is 6.24. The second-order valence-corrected chi connectivity index (χ2v) is 5.01. The molecule has 0 aromatic carbocycles. The second kappa shape index (κ2) is 4.22. The Kier molecular flexibility index (Phi) is 2.74. The molecule has 0 radical (unpaired) electrons. The standard InChI is InChI=1S/C13H19NO2/c1-9(11-4-6-15-8-11)14-12-5-7-16-13(12)10-2-3-10/h4,6,8-10,12-14H,2-3,5,7H2,1H3. The summed E-state index contributed by atoms with van der Waals surface area (Å²) in [6.45, 7) is 3.10. The zero-order valence-electron chi connectivity index (χ0n) is 9.69. The molecular weight excluding hydrogens is 202 g/mol. The minimum atomic E-state index is 0.353. The Morgan fingerprint density at radius 3 is 2.94 bits per heavy atom. The van der Waals surface area contributed by atoms with E-state index >= 15 is 0 Å². The summed E-state index contributed by atoms with van der Waals surface area (Å²) in [6.07, 6.45) is 7.85.